The van der Waals surface area contributed by atoms with Crippen molar-refractivity contribution in [3.05, 3.63) is 24.3 Å². The fourth-order valence-electron chi connectivity index (χ4n) is 3.06. The number of aromatic amines is 1. The maximum absolute atomic E-state index is 12.5. The van der Waals surface area contributed by atoms with E-state index in [0.29, 0.717) is 25.3 Å². The van der Waals surface area contributed by atoms with Crippen LogP contribution in [0.4, 0.5) is 5.95 Å². The van der Waals surface area contributed by atoms with E-state index in [1.54, 1.807) is 0 Å². The molecule has 1 aliphatic heterocycles. The number of carbonyl (C=O) groups is 2. The molecule has 0 bridgehead atoms. The lowest BCUT2D eigenvalue weighted by atomic mass is 10.00. The standard InChI is InChI=1S/C17H22N4O2/c1-2-15(22)21-10-5-6-12(9-11-21)16(23)20-17-18-13-7-3-4-8-14(13)19-17/h3-4,7-8,12H,2,5-6,9-11H2,1H3,(H2,18,19,20,23). The number of carbonyl (C=O) groups excluding carboxylic acids is 2. The summed E-state index contributed by atoms with van der Waals surface area (Å²) in [6, 6.07) is 7.68. The topological polar surface area (TPSA) is 78.1 Å². The zero-order chi connectivity index (χ0) is 16.2. The molecule has 1 atom stereocenters. The number of nitrogens with one attached hydrogen (secondary N) is 2. The Hall–Kier alpha value is -2.37. The first-order valence-corrected chi connectivity index (χ1v) is 8.20. The molecule has 1 aromatic carbocycles. The summed E-state index contributed by atoms with van der Waals surface area (Å²) in [6.45, 7) is 3.28. The predicted molar refractivity (Wildman–Crippen MR) is 88.9 cm³/mol. The number of fused-ring (bicyclic) bond motifs is 1. The van der Waals surface area contributed by atoms with Crippen molar-refractivity contribution in [2.45, 2.75) is 32.6 Å². The van der Waals surface area contributed by atoms with E-state index in [0.717, 1.165) is 30.4 Å². The number of hydrogen-bond acceptors (Lipinski definition) is 3. The summed E-state index contributed by atoms with van der Waals surface area (Å²) in [7, 11) is 0. The van der Waals surface area contributed by atoms with Gasteiger partial charge in [0.25, 0.3) is 0 Å². The number of amides is 2. The van der Waals surface area contributed by atoms with Gasteiger partial charge in [0, 0.05) is 25.4 Å². The highest BCUT2D eigenvalue weighted by molar-refractivity contribution is 5.92. The van der Waals surface area contributed by atoms with Gasteiger partial charge in [-0.1, -0.05) is 19.1 Å². The van der Waals surface area contributed by atoms with Gasteiger partial charge >= 0.3 is 0 Å². The van der Waals surface area contributed by atoms with Gasteiger partial charge in [0.1, 0.15) is 0 Å². The molecule has 1 aromatic heterocycles. The molecule has 6 nitrogen and oxygen atoms in total. The molecule has 2 heterocycles. The minimum Gasteiger partial charge on any atom is -0.343 e. The van der Waals surface area contributed by atoms with E-state index in [2.05, 4.69) is 15.3 Å². The molecule has 0 saturated carbocycles. The van der Waals surface area contributed by atoms with Gasteiger partial charge in [-0.05, 0) is 31.4 Å². The third-order valence-electron chi connectivity index (χ3n) is 4.39. The van der Waals surface area contributed by atoms with Crippen LogP contribution < -0.4 is 5.32 Å². The SMILES string of the molecule is CCC(=O)N1CCCC(C(=O)Nc2nc3ccccc3[nH]2)CC1. The third-order valence-corrected chi connectivity index (χ3v) is 4.39. The molecule has 2 amide bonds. The van der Waals surface area contributed by atoms with E-state index in [4.69, 9.17) is 0 Å². The minimum absolute atomic E-state index is 0.0187. The molecule has 2 aromatic rings. The van der Waals surface area contributed by atoms with Crippen LogP contribution in [0.25, 0.3) is 11.0 Å². The molecule has 0 radical (unpaired) electrons. The number of para-hydroxylation sites is 2. The molecule has 122 valence electrons. The Balaban J connectivity index is 1.62. The largest absolute Gasteiger partial charge is 0.343 e. The van der Waals surface area contributed by atoms with E-state index in [1.807, 2.05) is 36.1 Å². The first kappa shape index (κ1) is 15.5. The predicted octanol–water partition coefficient (Wildman–Crippen LogP) is 2.54. The Labute approximate surface area is 135 Å². The normalized spacial score (nSPS) is 18.7. The monoisotopic (exact) mass is 314 g/mol. The highest BCUT2D eigenvalue weighted by Gasteiger charge is 2.25. The molecule has 2 N–H and O–H groups in total. The quantitative estimate of drug-likeness (QED) is 0.914. The average Bonchev–Trinajstić information content (AvgIpc) is 2.80. The van der Waals surface area contributed by atoms with E-state index in [1.165, 1.54) is 0 Å². The van der Waals surface area contributed by atoms with Crippen molar-refractivity contribution in [2.75, 3.05) is 18.4 Å². The van der Waals surface area contributed by atoms with Gasteiger partial charge in [0.2, 0.25) is 17.8 Å². The van der Waals surface area contributed by atoms with Gasteiger partial charge in [-0.15, -0.1) is 0 Å². The van der Waals surface area contributed by atoms with Crippen LogP contribution in [0.1, 0.15) is 32.6 Å². The second-order valence-electron chi connectivity index (χ2n) is 5.95. The Bertz CT molecular complexity index is 676. The first-order valence-electron chi connectivity index (χ1n) is 8.20. The van der Waals surface area contributed by atoms with Crippen molar-refractivity contribution in [2.24, 2.45) is 5.92 Å². The van der Waals surface area contributed by atoms with Crippen LogP contribution in [-0.2, 0) is 9.59 Å². The maximum atomic E-state index is 12.5. The van der Waals surface area contributed by atoms with Gasteiger partial charge in [-0.25, -0.2) is 4.98 Å². The van der Waals surface area contributed by atoms with Crippen molar-refractivity contribution >= 4 is 28.8 Å². The van der Waals surface area contributed by atoms with Crippen LogP contribution >= 0.6 is 0 Å². The second-order valence-corrected chi connectivity index (χ2v) is 5.95. The number of benzene rings is 1. The van der Waals surface area contributed by atoms with Crippen LogP contribution in [-0.4, -0.2) is 39.8 Å². The smallest absolute Gasteiger partial charge is 0.229 e. The van der Waals surface area contributed by atoms with Crippen LogP contribution in [0.5, 0.6) is 0 Å². The molecular formula is C17H22N4O2. The Morgan fingerprint density at radius 3 is 2.91 bits per heavy atom. The lowest BCUT2D eigenvalue weighted by Crippen LogP contribution is -2.32. The number of imidazole rings is 1. The van der Waals surface area contributed by atoms with Crippen molar-refractivity contribution < 1.29 is 9.59 Å². The fourth-order valence-corrected chi connectivity index (χ4v) is 3.06. The number of aromatic nitrogens is 2. The van der Waals surface area contributed by atoms with Gasteiger partial charge < -0.3 is 9.88 Å². The molecule has 1 aliphatic rings. The summed E-state index contributed by atoms with van der Waals surface area (Å²) in [4.78, 5) is 33.6. The Kier molecular flexibility index (Phi) is 4.60. The number of H-pyrrole nitrogens is 1. The van der Waals surface area contributed by atoms with Crippen LogP contribution in [0.2, 0.25) is 0 Å². The second kappa shape index (κ2) is 6.81. The summed E-state index contributed by atoms with van der Waals surface area (Å²) in [6.07, 6.45) is 2.90. The van der Waals surface area contributed by atoms with Crippen molar-refractivity contribution in [3.63, 3.8) is 0 Å². The minimum atomic E-state index is -0.0714. The molecule has 1 unspecified atom stereocenters. The zero-order valence-corrected chi connectivity index (χ0v) is 13.3. The third kappa shape index (κ3) is 3.52. The first-order chi connectivity index (χ1) is 11.2. The van der Waals surface area contributed by atoms with Gasteiger partial charge in [-0.3, -0.25) is 14.9 Å². The molecular weight excluding hydrogens is 292 g/mol. The summed E-state index contributed by atoms with van der Waals surface area (Å²) in [5.74, 6) is 0.568. The fraction of sp³-hybridized carbons (Fsp3) is 0.471. The average molecular weight is 314 g/mol. The van der Waals surface area contributed by atoms with Crippen molar-refractivity contribution in [1.29, 1.82) is 0 Å². The molecule has 6 heteroatoms. The molecule has 1 fully saturated rings. The Morgan fingerprint density at radius 1 is 1.30 bits per heavy atom. The summed E-state index contributed by atoms with van der Waals surface area (Å²) in [5, 5.41) is 2.88. The molecule has 0 spiro atoms. The van der Waals surface area contributed by atoms with E-state index < -0.39 is 0 Å². The zero-order valence-electron chi connectivity index (χ0n) is 13.3. The number of likely N-dealkylation sites (tertiary alicyclic amines) is 1. The van der Waals surface area contributed by atoms with E-state index in [-0.39, 0.29) is 17.7 Å². The van der Waals surface area contributed by atoms with Crippen LogP contribution in [0.3, 0.4) is 0 Å². The van der Waals surface area contributed by atoms with E-state index in [9.17, 15) is 9.59 Å². The van der Waals surface area contributed by atoms with E-state index >= 15 is 0 Å². The molecule has 23 heavy (non-hydrogen) atoms. The number of rotatable bonds is 3. The van der Waals surface area contributed by atoms with Gasteiger partial charge in [0.15, 0.2) is 0 Å². The molecule has 0 aliphatic carbocycles. The summed E-state index contributed by atoms with van der Waals surface area (Å²) < 4.78 is 0. The summed E-state index contributed by atoms with van der Waals surface area (Å²) >= 11 is 0. The van der Waals surface area contributed by atoms with Crippen molar-refractivity contribution in [1.82, 2.24) is 14.9 Å². The maximum Gasteiger partial charge on any atom is 0.229 e. The highest BCUT2D eigenvalue weighted by Crippen LogP contribution is 2.20. The Morgan fingerprint density at radius 2 is 2.13 bits per heavy atom. The van der Waals surface area contributed by atoms with Crippen molar-refractivity contribution in [3.8, 4) is 0 Å². The molecule has 3 rings (SSSR count). The van der Waals surface area contributed by atoms with Gasteiger partial charge in [-0.2, -0.15) is 0 Å². The van der Waals surface area contributed by atoms with Gasteiger partial charge in [0.05, 0.1) is 11.0 Å². The summed E-state index contributed by atoms with van der Waals surface area (Å²) in [5.41, 5.74) is 1.74. The lowest BCUT2D eigenvalue weighted by molar-refractivity contribution is -0.131. The molecule has 1 saturated heterocycles. The number of anilines is 1. The number of hydrogen-bond donors (Lipinski definition) is 2. The lowest BCUT2D eigenvalue weighted by Gasteiger charge is -2.19. The highest BCUT2D eigenvalue weighted by atomic mass is 16.2. The van der Waals surface area contributed by atoms with Crippen LogP contribution in [0.15, 0.2) is 24.3 Å². The van der Waals surface area contributed by atoms with Crippen LogP contribution in [0, 0.1) is 5.92 Å². The number of nitrogens with zero attached hydrogens (tertiary/aromatic N) is 2.